The Morgan fingerprint density at radius 2 is 2.07 bits per heavy atom. The second-order valence-electron chi connectivity index (χ2n) is 3.54. The summed E-state index contributed by atoms with van der Waals surface area (Å²) in [7, 11) is 0. The summed E-state index contributed by atoms with van der Waals surface area (Å²) < 4.78 is 1.05. The van der Waals surface area contributed by atoms with Crippen molar-refractivity contribution in [1.82, 2.24) is 9.97 Å². The third kappa shape index (κ3) is 2.70. The van der Waals surface area contributed by atoms with Crippen LogP contribution in [0, 0.1) is 9.49 Å². The highest BCUT2D eigenvalue weighted by atomic mass is 127. The maximum atomic E-state index is 5.89. The predicted octanol–water partition coefficient (Wildman–Crippen LogP) is 2.51. The first-order valence-corrected chi connectivity index (χ1v) is 6.11. The average molecular weight is 324 g/mol. The summed E-state index contributed by atoms with van der Waals surface area (Å²) in [5.74, 6) is 1.41. The molecular formula is C9H11ClIN3. The summed E-state index contributed by atoms with van der Waals surface area (Å²) in [6, 6.07) is 0. The number of hydrogen-bond acceptors (Lipinski definition) is 3. The van der Waals surface area contributed by atoms with Crippen LogP contribution in [-0.4, -0.2) is 21.9 Å². The van der Waals surface area contributed by atoms with Gasteiger partial charge in [-0.05, 0) is 41.4 Å². The number of halogens is 2. The molecule has 3 nitrogen and oxygen atoms in total. The third-order valence-electron chi connectivity index (χ3n) is 2.35. The lowest BCUT2D eigenvalue weighted by Gasteiger charge is -2.30. The van der Waals surface area contributed by atoms with Gasteiger partial charge in [-0.1, -0.05) is 0 Å². The molecule has 0 aliphatic heterocycles. The normalized spacial score (nSPS) is 25.6. The van der Waals surface area contributed by atoms with E-state index in [0.717, 1.165) is 23.0 Å². The van der Waals surface area contributed by atoms with Gasteiger partial charge < -0.3 is 5.32 Å². The van der Waals surface area contributed by atoms with E-state index >= 15 is 0 Å². The van der Waals surface area contributed by atoms with Gasteiger partial charge in [0.25, 0.3) is 0 Å². The molecule has 0 amide bonds. The lowest BCUT2D eigenvalue weighted by atomic mass is 9.85. The smallest absolute Gasteiger partial charge is 0.222 e. The molecule has 0 unspecified atom stereocenters. The molecule has 0 radical (unpaired) electrons. The maximum Gasteiger partial charge on any atom is 0.222 e. The van der Waals surface area contributed by atoms with Crippen molar-refractivity contribution >= 4 is 40.1 Å². The van der Waals surface area contributed by atoms with Crippen LogP contribution in [0.5, 0.6) is 0 Å². The molecule has 0 spiro atoms. The molecule has 0 saturated heterocycles. The minimum atomic E-state index is 0.388. The fraction of sp³-hybridized carbons (Fsp3) is 0.556. The van der Waals surface area contributed by atoms with E-state index in [1.54, 1.807) is 12.4 Å². The van der Waals surface area contributed by atoms with Gasteiger partial charge in [0, 0.05) is 27.9 Å². The van der Waals surface area contributed by atoms with Crippen LogP contribution in [0.4, 0.5) is 5.95 Å². The first-order chi connectivity index (χ1) is 6.74. The van der Waals surface area contributed by atoms with E-state index in [0.29, 0.717) is 17.2 Å². The molecular weight excluding hydrogens is 312 g/mol. The van der Waals surface area contributed by atoms with Gasteiger partial charge in [-0.3, -0.25) is 0 Å². The summed E-state index contributed by atoms with van der Waals surface area (Å²) in [6.45, 7) is 0.934. The molecule has 1 fully saturated rings. The van der Waals surface area contributed by atoms with Crippen molar-refractivity contribution in [3.05, 3.63) is 16.0 Å². The number of hydrogen-bond donors (Lipinski definition) is 1. The van der Waals surface area contributed by atoms with Crippen LogP contribution in [0.3, 0.4) is 0 Å². The van der Waals surface area contributed by atoms with Crippen molar-refractivity contribution in [1.29, 1.82) is 0 Å². The Morgan fingerprint density at radius 1 is 1.43 bits per heavy atom. The fourth-order valence-corrected chi connectivity index (χ4v) is 2.24. The van der Waals surface area contributed by atoms with Crippen LogP contribution in [0.2, 0.25) is 0 Å². The minimum Gasteiger partial charge on any atom is -0.354 e. The third-order valence-corrected chi connectivity index (χ3v) is 3.26. The molecule has 1 aromatic rings. The van der Waals surface area contributed by atoms with Crippen molar-refractivity contribution < 1.29 is 0 Å². The number of rotatable bonds is 3. The van der Waals surface area contributed by atoms with Crippen LogP contribution < -0.4 is 5.32 Å². The molecule has 14 heavy (non-hydrogen) atoms. The standard InChI is InChI=1S/C9H11ClIN3/c10-7-1-6(2-7)3-12-9-13-4-8(11)5-14-9/h4-7H,1-3H2,(H,12,13,14). The first kappa shape index (κ1) is 10.4. The molecule has 1 aliphatic rings. The Bertz CT molecular complexity index is 297. The highest BCUT2D eigenvalue weighted by Crippen LogP contribution is 2.31. The second-order valence-corrected chi connectivity index (χ2v) is 5.40. The molecule has 0 atom stereocenters. The van der Waals surface area contributed by atoms with Gasteiger partial charge in [-0.15, -0.1) is 11.6 Å². The van der Waals surface area contributed by atoms with Gasteiger partial charge in [0.1, 0.15) is 0 Å². The van der Waals surface area contributed by atoms with Crippen LogP contribution in [-0.2, 0) is 0 Å². The highest BCUT2D eigenvalue weighted by molar-refractivity contribution is 14.1. The van der Waals surface area contributed by atoms with E-state index < -0.39 is 0 Å². The first-order valence-electron chi connectivity index (χ1n) is 4.59. The zero-order valence-corrected chi connectivity index (χ0v) is 10.5. The molecule has 5 heteroatoms. The van der Waals surface area contributed by atoms with Crippen molar-refractivity contribution in [2.75, 3.05) is 11.9 Å². The molecule has 1 heterocycles. The van der Waals surface area contributed by atoms with Crippen molar-refractivity contribution in [3.63, 3.8) is 0 Å². The SMILES string of the molecule is ClC1CC(CNc2ncc(I)cn2)C1. The molecule has 1 N–H and O–H groups in total. The quantitative estimate of drug-likeness (QED) is 0.686. The summed E-state index contributed by atoms with van der Waals surface area (Å²) >= 11 is 8.08. The molecule has 2 rings (SSSR count). The minimum absolute atomic E-state index is 0.388. The van der Waals surface area contributed by atoms with Gasteiger partial charge in [-0.2, -0.15) is 0 Å². The number of alkyl halides is 1. The molecule has 1 saturated carbocycles. The molecule has 76 valence electrons. The Balaban J connectivity index is 1.78. The van der Waals surface area contributed by atoms with Crippen LogP contribution in [0.25, 0.3) is 0 Å². The van der Waals surface area contributed by atoms with E-state index in [1.165, 1.54) is 0 Å². The van der Waals surface area contributed by atoms with Gasteiger partial charge in [0.2, 0.25) is 5.95 Å². The van der Waals surface area contributed by atoms with Crippen LogP contribution in [0.15, 0.2) is 12.4 Å². The van der Waals surface area contributed by atoms with Crippen molar-refractivity contribution in [2.24, 2.45) is 5.92 Å². The van der Waals surface area contributed by atoms with Gasteiger partial charge in [-0.25, -0.2) is 9.97 Å². The van der Waals surface area contributed by atoms with Crippen molar-refractivity contribution in [2.45, 2.75) is 18.2 Å². The monoisotopic (exact) mass is 323 g/mol. The van der Waals surface area contributed by atoms with E-state index in [-0.39, 0.29) is 0 Å². The van der Waals surface area contributed by atoms with E-state index in [9.17, 15) is 0 Å². The largest absolute Gasteiger partial charge is 0.354 e. The van der Waals surface area contributed by atoms with Gasteiger partial charge >= 0.3 is 0 Å². The number of anilines is 1. The molecule has 1 aliphatic carbocycles. The Labute approximate surface area is 102 Å². The summed E-state index contributed by atoms with van der Waals surface area (Å²) in [4.78, 5) is 8.33. The average Bonchev–Trinajstić information content (AvgIpc) is 2.13. The summed E-state index contributed by atoms with van der Waals surface area (Å²) in [6.07, 6.45) is 5.83. The number of aromatic nitrogens is 2. The Morgan fingerprint density at radius 3 is 2.64 bits per heavy atom. The molecule has 0 aromatic carbocycles. The lowest BCUT2D eigenvalue weighted by Crippen LogP contribution is -2.30. The zero-order chi connectivity index (χ0) is 9.97. The van der Waals surface area contributed by atoms with Gasteiger partial charge in [0.05, 0.1) is 0 Å². The summed E-state index contributed by atoms with van der Waals surface area (Å²) in [5, 5.41) is 3.60. The molecule has 0 bridgehead atoms. The highest BCUT2D eigenvalue weighted by Gasteiger charge is 2.26. The zero-order valence-electron chi connectivity index (χ0n) is 7.58. The summed E-state index contributed by atoms with van der Waals surface area (Å²) in [5.41, 5.74) is 0. The van der Waals surface area contributed by atoms with Gasteiger partial charge in [0.15, 0.2) is 0 Å². The number of nitrogens with zero attached hydrogens (tertiary/aromatic N) is 2. The Hall–Kier alpha value is -0.100. The van der Waals surface area contributed by atoms with E-state index in [4.69, 9.17) is 11.6 Å². The Kier molecular flexibility index (Phi) is 3.43. The van der Waals surface area contributed by atoms with E-state index in [2.05, 4.69) is 37.9 Å². The topological polar surface area (TPSA) is 37.8 Å². The predicted molar refractivity (Wildman–Crippen MR) is 65.6 cm³/mol. The van der Waals surface area contributed by atoms with E-state index in [1.807, 2.05) is 0 Å². The van der Waals surface area contributed by atoms with Crippen LogP contribution in [0.1, 0.15) is 12.8 Å². The molecule has 1 aromatic heterocycles. The lowest BCUT2D eigenvalue weighted by molar-refractivity contribution is 0.341. The van der Waals surface area contributed by atoms with Crippen LogP contribution >= 0.6 is 34.2 Å². The number of nitrogens with one attached hydrogen (secondary N) is 1. The fourth-order valence-electron chi connectivity index (χ4n) is 1.46. The van der Waals surface area contributed by atoms with Crippen molar-refractivity contribution in [3.8, 4) is 0 Å². The maximum absolute atomic E-state index is 5.89. The second kappa shape index (κ2) is 4.61.